The van der Waals surface area contributed by atoms with Crippen molar-refractivity contribution in [2.24, 2.45) is 5.73 Å². The third kappa shape index (κ3) is 4.75. The van der Waals surface area contributed by atoms with Crippen LogP contribution in [0.1, 0.15) is 29.2 Å². The van der Waals surface area contributed by atoms with Crippen molar-refractivity contribution in [1.29, 1.82) is 0 Å². The summed E-state index contributed by atoms with van der Waals surface area (Å²) in [6.45, 7) is 4.10. The van der Waals surface area contributed by atoms with Gasteiger partial charge < -0.3 is 20.5 Å². The van der Waals surface area contributed by atoms with E-state index in [1.165, 1.54) is 0 Å². The zero-order valence-corrected chi connectivity index (χ0v) is 17.7. The summed E-state index contributed by atoms with van der Waals surface area (Å²) in [4.78, 5) is 21.2. The van der Waals surface area contributed by atoms with E-state index in [0.717, 1.165) is 17.0 Å². The number of rotatable bonds is 7. The molecular weight excluding hydrogens is 396 g/mol. The van der Waals surface area contributed by atoms with Crippen molar-refractivity contribution in [2.45, 2.75) is 33.2 Å². The lowest BCUT2D eigenvalue weighted by atomic mass is 10.1. The molecule has 156 valence electrons. The maximum atomic E-state index is 12.5. The van der Waals surface area contributed by atoms with Gasteiger partial charge in [-0.15, -0.1) is 17.5 Å². The molecule has 29 heavy (non-hydrogen) atoms. The van der Waals surface area contributed by atoms with Crippen molar-refractivity contribution in [2.75, 3.05) is 19.5 Å². The number of amides is 1. The standard InChI is InChI=1S/C19H24N6O3.ClH/c1-11-14(12(2)25-19(21-11)23-17(10-20)24-25)6-8-18(26)22-15-7-5-13(27-3)9-16(15)28-4;/h5,7,9H,6,8,10,20H2,1-4H3,(H,22,26);1H. The van der Waals surface area contributed by atoms with E-state index in [4.69, 9.17) is 15.2 Å². The molecule has 3 aromatic rings. The molecule has 0 atom stereocenters. The molecular formula is C19H25ClN6O3. The molecule has 3 N–H and O–H groups in total. The van der Waals surface area contributed by atoms with Crippen LogP contribution in [0.5, 0.6) is 11.5 Å². The first-order chi connectivity index (χ1) is 13.5. The summed E-state index contributed by atoms with van der Waals surface area (Å²) in [5.74, 6) is 2.14. The molecule has 0 aliphatic heterocycles. The fourth-order valence-electron chi connectivity index (χ4n) is 3.05. The third-order valence-corrected chi connectivity index (χ3v) is 4.56. The SMILES string of the molecule is COc1ccc(NC(=O)CCc2c(C)nc3nc(CN)nn3c2C)c(OC)c1.Cl. The van der Waals surface area contributed by atoms with Gasteiger partial charge in [0, 0.05) is 23.9 Å². The predicted molar refractivity (Wildman–Crippen MR) is 112 cm³/mol. The van der Waals surface area contributed by atoms with E-state index in [1.54, 1.807) is 36.9 Å². The molecule has 3 rings (SSSR count). The number of nitrogens with one attached hydrogen (secondary N) is 1. The molecule has 10 heteroatoms. The van der Waals surface area contributed by atoms with Crippen molar-refractivity contribution in [3.05, 3.63) is 41.0 Å². The number of aryl methyl sites for hydroxylation is 2. The Balaban J connectivity index is 0.00000300. The van der Waals surface area contributed by atoms with Gasteiger partial charge in [0.1, 0.15) is 11.5 Å². The molecule has 0 saturated heterocycles. The molecule has 9 nitrogen and oxygen atoms in total. The van der Waals surface area contributed by atoms with Gasteiger partial charge in [-0.05, 0) is 38.0 Å². The number of carbonyl (C=O) groups excluding carboxylic acids is 1. The molecule has 0 unspecified atom stereocenters. The van der Waals surface area contributed by atoms with E-state index in [0.29, 0.717) is 41.6 Å². The molecule has 1 amide bonds. The van der Waals surface area contributed by atoms with E-state index in [1.807, 2.05) is 13.8 Å². The second kappa shape index (κ2) is 9.53. The van der Waals surface area contributed by atoms with Gasteiger partial charge in [0.2, 0.25) is 5.91 Å². The van der Waals surface area contributed by atoms with Gasteiger partial charge in [0.15, 0.2) is 5.82 Å². The molecule has 0 bridgehead atoms. The summed E-state index contributed by atoms with van der Waals surface area (Å²) >= 11 is 0. The predicted octanol–water partition coefficient (Wildman–Crippen LogP) is 2.21. The van der Waals surface area contributed by atoms with Crippen LogP contribution in [0.2, 0.25) is 0 Å². The molecule has 0 radical (unpaired) electrons. The highest BCUT2D eigenvalue weighted by molar-refractivity contribution is 5.92. The average Bonchev–Trinajstić information content (AvgIpc) is 3.11. The number of aromatic nitrogens is 4. The number of halogens is 1. The Hall–Kier alpha value is -2.91. The van der Waals surface area contributed by atoms with Gasteiger partial charge in [-0.2, -0.15) is 4.98 Å². The van der Waals surface area contributed by atoms with Crippen LogP contribution in [-0.2, 0) is 17.8 Å². The molecule has 0 aliphatic rings. The smallest absolute Gasteiger partial charge is 0.252 e. The number of ether oxygens (including phenoxy) is 2. The Labute approximate surface area is 175 Å². The van der Waals surface area contributed by atoms with E-state index in [2.05, 4.69) is 20.4 Å². The highest BCUT2D eigenvalue weighted by Gasteiger charge is 2.15. The molecule has 2 aromatic heterocycles. The number of benzene rings is 1. The summed E-state index contributed by atoms with van der Waals surface area (Å²) in [7, 11) is 3.12. The summed E-state index contributed by atoms with van der Waals surface area (Å²) in [6, 6.07) is 5.24. The maximum Gasteiger partial charge on any atom is 0.252 e. The van der Waals surface area contributed by atoms with Crippen molar-refractivity contribution in [3.8, 4) is 11.5 Å². The van der Waals surface area contributed by atoms with Gasteiger partial charge in [0.05, 0.1) is 26.5 Å². The van der Waals surface area contributed by atoms with Crippen molar-refractivity contribution in [1.82, 2.24) is 19.6 Å². The zero-order chi connectivity index (χ0) is 20.3. The summed E-state index contributed by atoms with van der Waals surface area (Å²) in [5, 5.41) is 7.24. The monoisotopic (exact) mass is 420 g/mol. The van der Waals surface area contributed by atoms with Crippen LogP contribution in [0.15, 0.2) is 18.2 Å². The minimum absolute atomic E-state index is 0. The molecule has 0 aliphatic carbocycles. The minimum atomic E-state index is -0.122. The van der Waals surface area contributed by atoms with E-state index in [9.17, 15) is 4.79 Å². The lowest BCUT2D eigenvalue weighted by Crippen LogP contribution is -2.15. The summed E-state index contributed by atoms with van der Waals surface area (Å²) < 4.78 is 12.2. The van der Waals surface area contributed by atoms with Crippen LogP contribution in [-0.4, -0.2) is 39.7 Å². The minimum Gasteiger partial charge on any atom is -0.497 e. The number of hydrogen-bond acceptors (Lipinski definition) is 7. The maximum absolute atomic E-state index is 12.5. The first-order valence-electron chi connectivity index (χ1n) is 8.90. The van der Waals surface area contributed by atoms with E-state index in [-0.39, 0.29) is 24.9 Å². The van der Waals surface area contributed by atoms with Gasteiger partial charge in [0.25, 0.3) is 5.78 Å². The number of hydrogen-bond donors (Lipinski definition) is 2. The van der Waals surface area contributed by atoms with Crippen LogP contribution >= 0.6 is 12.4 Å². The van der Waals surface area contributed by atoms with Crippen LogP contribution in [0.25, 0.3) is 5.78 Å². The van der Waals surface area contributed by atoms with Gasteiger partial charge in [-0.1, -0.05) is 0 Å². The quantitative estimate of drug-likeness (QED) is 0.601. The molecule has 2 heterocycles. The highest BCUT2D eigenvalue weighted by Crippen LogP contribution is 2.29. The van der Waals surface area contributed by atoms with Crippen molar-refractivity contribution >= 4 is 29.8 Å². The number of nitrogens with two attached hydrogens (primary N) is 1. The largest absolute Gasteiger partial charge is 0.497 e. The number of carbonyl (C=O) groups is 1. The van der Waals surface area contributed by atoms with Crippen LogP contribution < -0.4 is 20.5 Å². The summed E-state index contributed by atoms with van der Waals surface area (Å²) in [5.41, 5.74) is 8.92. The number of fused-ring (bicyclic) bond motifs is 1. The van der Waals surface area contributed by atoms with Crippen LogP contribution in [0.3, 0.4) is 0 Å². The highest BCUT2D eigenvalue weighted by atomic mass is 35.5. The lowest BCUT2D eigenvalue weighted by Gasteiger charge is -2.13. The summed E-state index contributed by atoms with van der Waals surface area (Å²) in [6.07, 6.45) is 0.825. The Morgan fingerprint density at radius 2 is 1.97 bits per heavy atom. The number of nitrogens with zero attached hydrogens (tertiary/aromatic N) is 4. The number of anilines is 1. The average molecular weight is 421 g/mol. The topological polar surface area (TPSA) is 117 Å². The van der Waals surface area contributed by atoms with Gasteiger partial charge in [-0.25, -0.2) is 9.50 Å². The third-order valence-electron chi connectivity index (χ3n) is 4.56. The van der Waals surface area contributed by atoms with Crippen LogP contribution in [0, 0.1) is 13.8 Å². The molecule has 1 aromatic carbocycles. The Morgan fingerprint density at radius 1 is 1.21 bits per heavy atom. The van der Waals surface area contributed by atoms with Crippen molar-refractivity contribution in [3.63, 3.8) is 0 Å². The normalized spacial score (nSPS) is 10.5. The first-order valence-corrected chi connectivity index (χ1v) is 8.90. The molecule has 0 saturated carbocycles. The molecule has 0 spiro atoms. The van der Waals surface area contributed by atoms with Crippen molar-refractivity contribution < 1.29 is 14.3 Å². The Morgan fingerprint density at radius 3 is 2.62 bits per heavy atom. The fourth-order valence-corrected chi connectivity index (χ4v) is 3.05. The van der Waals surface area contributed by atoms with E-state index < -0.39 is 0 Å². The fraction of sp³-hybridized carbons (Fsp3) is 0.368. The Bertz CT molecular complexity index is 1020. The first kappa shape index (κ1) is 22.4. The zero-order valence-electron chi connectivity index (χ0n) is 16.9. The molecule has 0 fully saturated rings. The second-order valence-corrected chi connectivity index (χ2v) is 6.32. The van der Waals surface area contributed by atoms with Crippen LogP contribution in [0.4, 0.5) is 5.69 Å². The van der Waals surface area contributed by atoms with Gasteiger partial charge >= 0.3 is 0 Å². The second-order valence-electron chi connectivity index (χ2n) is 6.32. The lowest BCUT2D eigenvalue weighted by molar-refractivity contribution is -0.116. The Kier molecular flexibility index (Phi) is 7.35. The van der Waals surface area contributed by atoms with E-state index >= 15 is 0 Å². The number of methoxy groups -OCH3 is 2. The van der Waals surface area contributed by atoms with Gasteiger partial charge in [-0.3, -0.25) is 4.79 Å².